The number of nitrogens with zero attached hydrogens (tertiary/aromatic N) is 1. The summed E-state index contributed by atoms with van der Waals surface area (Å²) in [5.41, 5.74) is 11.4. The molecule has 2 aromatic rings. The fourth-order valence-electron chi connectivity index (χ4n) is 1.48. The summed E-state index contributed by atoms with van der Waals surface area (Å²) in [6.45, 7) is 0.483. The summed E-state index contributed by atoms with van der Waals surface area (Å²) in [5.74, 6) is -0.0954. The van der Waals surface area contributed by atoms with E-state index < -0.39 is 5.91 Å². The number of carbonyl (C=O) groups excluding carboxylic acids is 1. The Hall–Kier alpha value is -1.66. The quantitative estimate of drug-likeness (QED) is 0.836. The third kappa shape index (κ3) is 1.72. The van der Waals surface area contributed by atoms with Crippen molar-refractivity contribution in [2.75, 3.05) is 12.8 Å². The van der Waals surface area contributed by atoms with Crippen LogP contribution in [0.2, 0.25) is 0 Å². The number of rotatable bonds is 3. The molecular weight excluding hydrogens is 226 g/mol. The molecule has 0 saturated carbocycles. The number of carbonyl (C=O) groups is 1. The van der Waals surface area contributed by atoms with Crippen molar-refractivity contribution in [2.24, 2.45) is 5.73 Å². The number of thiophene rings is 1. The fraction of sp³-hybridized carbons (Fsp3) is 0.200. The molecule has 2 rings (SSSR count). The number of pyridine rings is 1. The highest BCUT2D eigenvalue weighted by atomic mass is 32.1. The lowest BCUT2D eigenvalue weighted by Gasteiger charge is -1.99. The van der Waals surface area contributed by atoms with Gasteiger partial charge in [-0.2, -0.15) is 0 Å². The molecule has 6 heteroatoms. The predicted octanol–water partition coefficient (Wildman–Crippen LogP) is 1.12. The minimum atomic E-state index is -0.497. The van der Waals surface area contributed by atoms with E-state index in [1.165, 1.54) is 17.5 Å². The highest BCUT2D eigenvalue weighted by Crippen LogP contribution is 2.31. The van der Waals surface area contributed by atoms with E-state index in [4.69, 9.17) is 16.2 Å². The summed E-state index contributed by atoms with van der Waals surface area (Å²) < 4.78 is 5.80. The number of hydrogen-bond donors (Lipinski definition) is 2. The van der Waals surface area contributed by atoms with Crippen molar-refractivity contribution in [3.05, 3.63) is 22.7 Å². The van der Waals surface area contributed by atoms with E-state index in [-0.39, 0.29) is 0 Å². The number of amides is 1. The topological polar surface area (TPSA) is 91.2 Å². The SMILES string of the molecule is COCc1cc2c(N)ncc(C(N)=O)c2s1. The molecule has 2 aromatic heterocycles. The summed E-state index contributed by atoms with van der Waals surface area (Å²) in [6, 6.07) is 1.87. The molecule has 0 bridgehead atoms. The Labute approximate surface area is 96.0 Å². The minimum Gasteiger partial charge on any atom is -0.383 e. The third-order valence-electron chi connectivity index (χ3n) is 2.19. The summed E-state index contributed by atoms with van der Waals surface area (Å²) in [6.07, 6.45) is 1.41. The van der Waals surface area contributed by atoms with Gasteiger partial charge in [0.15, 0.2) is 0 Å². The van der Waals surface area contributed by atoms with E-state index in [1.54, 1.807) is 7.11 Å². The standard InChI is InChI=1S/C10H11N3O2S/c1-15-4-5-2-6-8(16-5)7(10(12)14)3-13-9(6)11/h2-3H,4H2,1H3,(H2,11,13)(H2,12,14). The van der Waals surface area contributed by atoms with Gasteiger partial charge in [-0.05, 0) is 6.07 Å². The second-order valence-corrected chi connectivity index (χ2v) is 4.45. The Bertz CT molecular complexity index is 550. The van der Waals surface area contributed by atoms with Gasteiger partial charge in [0, 0.05) is 23.6 Å². The van der Waals surface area contributed by atoms with E-state index >= 15 is 0 Å². The van der Waals surface area contributed by atoms with Crippen molar-refractivity contribution in [3.63, 3.8) is 0 Å². The van der Waals surface area contributed by atoms with Crippen LogP contribution < -0.4 is 11.5 Å². The van der Waals surface area contributed by atoms with Crippen molar-refractivity contribution in [2.45, 2.75) is 6.61 Å². The largest absolute Gasteiger partial charge is 0.383 e. The van der Waals surface area contributed by atoms with Crippen LogP contribution in [-0.4, -0.2) is 18.0 Å². The first-order valence-electron chi connectivity index (χ1n) is 4.59. The van der Waals surface area contributed by atoms with E-state index in [9.17, 15) is 4.79 Å². The number of nitrogen functional groups attached to an aromatic ring is 1. The molecule has 0 aliphatic rings. The van der Waals surface area contributed by atoms with Crippen LogP contribution in [0.25, 0.3) is 10.1 Å². The Morgan fingerprint density at radius 2 is 2.38 bits per heavy atom. The number of nitrogens with two attached hydrogens (primary N) is 2. The molecule has 0 aromatic carbocycles. The van der Waals surface area contributed by atoms with Crippen molar-refractivity contribution >= 4 is 33.1 Å². The number of fused-ring (bicyclic) bond motifs is 1. The van der Waals surface area contributed by atoms with Crippen molar-refractivity contribution < 1.29 is 9.53 Å². The van der Waals surface area contributed by atoms with E-state index in [0.717, 1.165) is 15.0 Å². The maximum atomic E-state index is 11.2. The van der Waals surface area contributed by atoms with Crippen LogP contribution in [0, 0.1) is 0 Å². The number of aromatic nitrogens is 1. The van der Waals surface area contributed by atoms with Crippen molar-refractivity contribution in [1.29, 1.82) is 0 Å². The molecule has 0 spiro atoms. The third-order valence-corrected chi connectivity index (χ3v) is 3.33. The zero-order chi connectivity index (χ0) is 11.7. The molecule has 84 valence electrons. The molecule has 0 aliphatic carbocycles. The number of primary amides is 1. The van der Waals surface area contributed by atoms with Crippen LogP contribution in [0.3, 0.4) is 0 Å². The van der Waals surface area contributed by atoms with Gasteiger partial charge in [0.25, 0.3) is 5.91 Å². The van der Waals surface area contributed by atoms with E-state index in [1.807, 2.05) is 6.07 Å². The Morgan fingerprint density at radius 3 is 3.00 bits per heavy atom. The van der Waals surface area contributed by atoms with Gasteiger partial charge in [0.05, 0.1) is 16.9 Å². The lowest BCUT2D eigenvalue weighted by atomic mass is 10.2. The first-order valence-corrected chi connectivity index (χ1v) is 5.40. The van der Waals surface area contributed by atoms with Crippen molar-refractivity contribution in [1.82, 2.24) is 4.98 Å². The van der Waals surface area contributed by atoms with Gasteiger partial charge in [0.2, 0.25) is 0 Å². The maximum Gasteiger partial charge on any atom is 0.251 e. The van der Waals surface area contributed by atoms with Gasteiger partial charge >= 0.3 is 0 Å². The van der Waals surface area contributed by atoms with Gasteiger partial charge < -0.3 is 16.2 Å². The predicted molar refractivity (Wildman–Crippen MR) is 63.3 cm³/mol. The van der Waals surface area contributed by atoms with Crippen molar-refractivity contribution in [3.8, 4) is 0 Å². The van der Waals surface area contributed by atoms with E-state index in [2.05, 4.69) is 4.98 Å². The van der Waals surface area contributed by atoms with Crippen LogP contribution in [0.5, 0.6) is 0 Å². The van der Waals surface area contributed by atoms with Crippen LogP contribution in [0.1, 0.15) is 15.2 Å². The van der Waals surface area contributed by atoms with Crippen LogP contribution in [0.15, 0.2) is 12.3 Å². The summed E-state index contributed by atoms with van der Waals surface area (Å²) in [5, 5.41) is 0.758. The van der Waals surface area contributed by atoms with Crippen LogP contribution >= 0.6 is 11.3 Å². The highest BCUT2D eigenvalue weighted by Gasteiger charge is 2.13. The smallest absolute Gasteiger partial charge is 0.251 e. The highest BCUT2D eigenvalue weighted by molar-refractivity contribution is 7.19. The molecule has 16 heavy (non-hydrogen) atoms. The molecule has 0 unspecified atom stereocenters. The molecule has 5 nitrogen and oxygen atoms in total. The molecule has 0 atom stereocenters. The minimum absolute atomic E-state index is 0.400. The number of anilines is 1. The van der Waals surface area contributed by atoms with Gasteiger partial charge in [-0.25, -0.2) is 4.98 Å². The lowest BCUT2D eigenvalue weighted by Crippen LogP contribution is -2.11. The summed E-state index contributed by atoms with van der Waals surface area (Å²) in [7, 11) is 1.61. The fourth-order valence-corrected chi connectivity index (χ4v) is 2.64. The average Bonchev–Trinajstić information content (AvgIpc) is 2.62. The molecule has 1 amide bonds. The molecule has 4 N–H and O–H groups in total. The number of methoxy groups -OCH3 is 1. The van der Waals surface area contributed by atoms with Crippen LogP contribution in [-0.2, 0) is 11.3 Å². The zero-order valence-corrected chi connectivity index (χ0v) is 9.50. The molecule has 0 radical (unpaired) electrons. The number of ether oxygens (including phenoxy) is 1. The summed E-state index contributed by atoms with van der Waals surface area (Å²) >= 11 is 1.45. The molecular formula is C10H11N3O2S. The van der Waals surface area contributed by atoms with Gasteiger partial charge in [-0.1, -0.05) is 0 Å². The molecule has 0 saturated heterocycles. The monoisotopic (exact) mass is 237 g/mol. The second kappa shape index (κ2) is 4.07. The van der Waals surface area contributed by atoms with Gasteiger partial charge in [0.1, 0.15) is 5.82 Å². The summed E-state index contributed by atoms with van der Waals surface area (Å²) in [4.78, 5) is 16.1. The Kier molecular flexibility index (Phi) is 2.76. The number of hydrogen-bond acceptors (Lipinski definition) is 5. The zero-order valence-electron chi connectivity index (χ0n) is 8.69. The molecule has 0 fully saturated rings. The van der Waals surface area contributed by atoms with Gasteiger partial charge in [-0.15, -0.1) is 11.3 Å². The first kappa shape index (κ1) is 10.8. The normalized spacial score (nSPS) is 10.8. The first-order chi connectivity index (χ1) is 7.63. The van der Waals surface area contributed by atoms with E-state index in [0.29, 0.717) is 18.0 Å². The Balaban J connectivity index is 2.67. The maximum absolute atomic E-state index is 11.2. The van der Waals surface area contributed by atoms with Gasteiger partial charge in [-0.3, -0.25) is 4.79 Å². The Morgan fingerprint density at radius 1 is 1.62 bits per heavy atom. The lowest BCUT2D eigenvalue weighted by molar-refractivity contribution is 0.100. The van der Waals surface area contributed by atoms with Crippen LogP contribution in [0.4, 0.5) is 5.82 Å². The molecule has 0 aliphatic heterocycles. The second-order valence-electron chi connectivity index (χ2n) is 3.31. The average molecular weight is 237 g/mol. The molecule has 2 heterocycles.